The van der Waals surface area contributed by atoms with E-state index in [2.05, 4.69) is 0 Å². The van der Waals surface area contributed by atoms with Gasteiger partial charge in [-0.05, 0) is 12.8 Å². The fourth-order valence-electron chi connectivity index (χ4n) is 1.17. The molecule has 1 rings (SSSR count). The Bertz CT molecular complexity index is 436. The lowest BCUT2D eigenvalue weighted by Gasteiger charge is -2.02. The maximum absolute atomic E-state index is 11.2. The monoisotopic (exact) mass is 215 g/mol. The van der Waals surface area contributed by atoms with Gasteiger partial charge in [-0.25, -0.2) is 19.0 Å². The molecule has 0 amide bonds. The molecule has 1 aromatic heterocycles. The van der Waals surface area contributed by atoms with E-state index in [4.69, 9.17) is 4.74 Å². The second kappa shape index (κ2) is 5.30. The Morgan fingerprint density at radius 3 is 2.27 bits per heavy atom. The third-order valence-corrected chi connectivity index (χ3v) is 1.91. The topological polar surface area (TPSA) is 96.9 Å². The van der Waals surface area contributed by atoms with Gasteiger partial charge < -0.3 is 4.74 Å². The molecule has 2 N–H and O–H groups in total. The predicted molar refractivity (Wildman–Crippen MR) is 53.1 cm³/mol. The Kier molecular flexibility index (Phi) is 4.04. The van der Waals surface area contributed by atoms with E-state index in [0.717, 1.165) is 11.0 Å². The van der Waals surface area contributed by atoms with Crippen molar-refractivity contribution in [1.29, 1.82) is 0 Å². The third kappa shape index (κ3) is 3.21. The highest BCUT2D eigenvalue weighted by Gasteiger charge is 2.01. The second-order valence-electron chi connectivity index (χ2n) is 3.04. The normalized spacial score (nSPS) is 10.5. The molecule has 0 radical (unpaired) electrons. The van der Waals surface area contributed by atoms with Gasteiger partial charge in [0.25, 0.3) is 0 Å². The van der Waals surface area contributed by atoms with E-state index >= 15 is 0 Å². The molecule has 0 saturated carbocycles. The van der Waals surface area contributed by atoms with E-state index in [1.165, 1.54) is 0 Å². The predicted octanol–water partition coefficient (Wildman–Crippen LogP) is -1.35. The van der Waals surface area contributed by atoms with Gasteiger partial charge in [0.05, 0.1) is 0 Å². The molecule has 0 spiro atoms. The van der Waals surface area contributed by atoms with Crippen LogP contribution in [0.4, 0.5) is 0 Å². The van der Waals surface area contributed by atoms with Crippen LogP contribution in [0.1, 0.15) is 12.8 Å². The van der Waals surface area contributed by atoms with Crippen LogP contribution < -0.4 is 17.1 Å². The number of H-pyrrole nitrogens is 2. The Morgan fingerprint density at radius 2 is 1.73 bits per heavy atom. The first-order chi connectivity index (χ1) is 7.15. The number of aromatic nitrogens is 3. The standard InChI is InChI=1S/C8H13N3O4/c1-15-5-3-2-4-11-7(13)9-6(12)10-8(11)14/h2-5H2,1H3,(H2,9,10,12,13,14). The average molecular weight is 215 g/mol. The summed E-state index contributed by atoms with van der Waals surface area (Å²) in [6.45, 7) is 0.852. The minimum atomic E-state index is -0.779. The van der Waals surface area contributed by atoms with Crippen LogP contribution in [0.15, 0.2) is 14.4 Å². The van der Waals surface area contributed by atoms with Crippen LogP contribution in [0.3, 0.4) is 0 Å². The first-order valence-corrected chi connectivity index (χ1v) is 4.57. The van der Waals surface area contributed by atoms with Crippen LogP contribution in [0.5, 0.6) is 0 Å². The Labute approximate surface area is 84.7 Å². The average Bonchev–Trinajstić information content (AvgIpc) is 2.15. The van der Waals surface area contributed by atoms with Crippen LogP contribution in [-0.4, -0.2) is 28.3 Å². The lowest BCUT2D eigenvalue weighted by molar-refractivity contribution is 0.191. The maximum Gasteiger partial charge on any atom is 0.333 e. The number of rotatable bonds is 5. The fraction of sp³-hybridized carbons (Fsp3) is 0.625. The lowest BCUT2D eigenvalue weighted by Crippen LogP contribution is -2.43. The molecule has 0 fully saturated rings. The van der Waals surface area contributed by atoms with Crippen molar-refractivity contribution in [2.24, 2.45) is 0 Å². The fourth-order valence-corrected chi connectivity index (χ4v) is 1.17. The summed E-state index contributed by atoms with van der Waals surface area (Å²) in [7, 11) is 1.58. The van der Waals surface area contributed by atoms with Gasteiger partial charge in [-0.2, -0.15) is 0 Å². The summed E-state index contributed by atoms with van der Waals surface area (Å²) >= 11 is 0. The van der Waals surface area contributed by atoms with Gasteiger partial charge in [-0.3, -0.25) is 9.97 Å². The van der Waals surface area contributed by atoms with E-state index in [9.17, 15) is 14.4 Å². The van der Waals surface area contributed by atoms with Crippen molar-refractivity contribution in [1.82, 2.24) is 14.5 Å². The molecular formula is C8H13N3O4. The van der Waals surface area contributed by atoms with E-state index in [1.54, 1.807) is 7.11 Å². The number of unbranched alkanes of at least 4 members (excludes halogenated alkanes) is 1. The smallest absolute Gasteiger partial charge is 0.333 e. The number of ether oxygens (including phenoxy) is 1. The van der Waals surface area contributed by atoms with Crippen molar-refractivity contribution in [3.8, 4) is 0 Å². The van der Waals surface area contributed by atoms with Crippen molar-refractivity contribution >= 4 is 0 Å². The van der Waals surface area contributed by atoms with E-state index in [1.807, 2.05) is 9.97 Å². The molecule has 0 aliphatic heterocycles. The lowest BCUT2D eigenvalue weighted by atomic mass is 10.3. The molecule has 0 atom stereocenters. The Morgan fingerprint density at radius 1 is 1.13 bits per heavy atom. The zero-order valence-electron chi connectivity index (χ0n) is 8.41. The van der Waals surface area contributed by atoms with Gasteiger partial charge in [-0.1, -0.05) is 0 Å². The molecular weight excluding hydrogens is 202 g/mol. The number of nitrogens with one attached hydrogen (secondary N) is 2. The van der Waals surface area contributed by atoms with Crippen LogP contribution >= 0.6 is 0 Å². The summed E-state index contributed by atoms with van der Waals surface area (Å²) in [5.74, 6) is 0. The first-order valence-electron chi connectivity index (χ1n) is 4.57. The molecule has 7 heteroatoms. The van der Waals surface area contributed by atoms with Crippen molar-refractivity contribution in [3.63, 3.8) is 0 Å². The van der Waals surface area contributed by atoms with Gasteiger partial charge in [-0.15, -0.1) is 0 Å². The molecule has 7 nitrogen and oxygen atoms in total. The summed E-state index contributed by atoms with van der Waals surface area (Å²) in [6.07, 6.45) is 1.39. The molecule has 1 heterocycles. The zero-order valence-corrected chi connectivity index (χ0v) is 8.41. The van der Waals surface area contributed by atoms with Crippen LogP contribution in [-0.2, 0) is 11.3 Å². The summed E-state index contributed by atoms with van der Waals surface area (Å²) in [5.41, 5.74) is -2.14. The molecule has 1 aromatic rings. The molecule has 0 aromatic carbocycles. The van der Waals surface area contributed by atoms with Crippen molar-refractivity contribution in [3.05, 3.63) is 31.5 Å². The van der Waals surface area contributed by atoms with E-state index < -0.39 is 17.1 Å². The minimum Gasteiger partial charge on any atom is -0.385 e. The molecule has 0 aliphatic carbocycles. The van der Waals surface area contributed by atoms with Gasteiger partial charge in [0.2, 0.25) is 0 Å². The van der Waals surface area contributed by atoms with Crippen molar-refractivity contribution < 1.29 is 4.74 Å². The van der Waals surface area contributed by atoms with Crippen molar-refractivity contribution in [2.45, 2.75) is 19.4 Å². The van der Waals surface area contributed by atoms with E-state index in [0.29, 0.717) is 13.0 Å². The van der Waals surface area contributed by atoms with Crippen LogP contribution in [0, 0.1) is 0 Å². The number of aromatic amines is 2. The number of nitrogens with zero attached hydrogens (tertiary/aromatic N) is 1. The molecule has 15 heavy (non-hydrogen) atoms. The first kappa shape index (κ1) is 11.4. The maximum atomic E-state index is 11.2. The minimum absolute atomic E-state index is 0.272. The van der Waals surface area contributed by atoms with Gasteiger partial charge in [0.15, 0.2) is 0 Å². The van der Waals surface area contributed by atoms with Crippen molar-refractivity contribution in [2.75, 3.05) is 13.7 Å². The van der Waals surface area contributed by atoms with Crippen LogP contribution in [0.2, 0.25) is 0 Å². The second-order valence-corrected chi connectivity index (χ2v) is 3.04. The third-order valence-electron chi connectivity index (χ3n) is 1.91. The summed E-state index contributed by atoms with van der Waals surface area (Å²) in [6, 6.07) is 0. The SMILES string of the molecule is COCCCCn1c(=O)[nH]c(=O)[nH]c1=O. The quantitative estimate of drug-likeness (QED) is 0.593. The Hall–Kier alpha value is -1.63. The molecule has 0 unspecified atom stereocenters. The molecule has 0 aliphatic rings. The highest BCUT2D eigenvalue weighted by molar-refractivity contribution is 4.68. The van der Waals surface area contributed by atoms with Gasteiger partial charge >= 0.3 is 17.1 Å². The molecule has 84 valence electrons. The van der Waals surface area contributed by atoms with Gasteiger partial charge in [0, 0.05) is 20.3 Å². The number of hydrogen-bond acceptors (Lipinski definition) is 4. The van der Waals surface area contributed by atoms with E-state index in [-0.39, 0.29) is 6.54 Å². The Balaban J connectivity index is 2.74. The summed E-state index contributed by atoms with van der Waals surface area (Å²) in [5, 5.41) is 0. The highest BCUT2D eigenvalue weighted by atomic mass is 16.5. The zero-order chi connectivity index (χ0) is 11.3. The van der Waals surface area contributed by atoms with Gasteiger partial charge in [0.1, 0.15) is 0 Å². The van der Waals surface area contributed by atoms with Crippen LogP contribution in [0.25, 0.3) is 0 Å². The largest absolute Gasteiger partial charge is 0.385 e. The number of hydrogen-bond donors (Lipinski definition) is 2. The number of methoxy groups -OCH3 is 1. The highest BCUT2D eigenvalue weighted by Crippen LogP contribution is 1.89. The summed E-state index contributed by atoms with van der Waals surface area (Å²) in [4.78, 5) is 37.0. The summed E-state index contributed by atoms with van der Waals surface area (Å²) < 4.78 is 5.78. The molecule has 0 saturated heterocycles. The molecule has 0 bridgehead atoms.